The predicted molar refractivity (Wildman–Crippen MR) is 82.0 cm³/mol. The van der Waals surface area contributed by atoms with Crippen LogP contribution in [0.5, 0.6) is 0 Å². The number of fused-ring (bicyclic) bond motifs is 4. The number of hydrogen-bond acceptors (Lipinski definition) is 4. The fraction of sp³-hybridized carbons (Fsp3) is 0.615. The van der Waals surface area contributed by atoms with Gasteiger partial charge in [0.05, 0.1) is 4.34 Å². The molecule has 1 aromatic heterocycles. The molecule has 116 valence electrons. The van der Waals surface area contributed by atoms with E-state index in [0.29, 0.717) is 24.0 Å². The van der Waals surface area contributed by atoms with Crippen LogP contribution >= 0.6 is 22.9 Å². The summed E-state index contributed by atoms with van der Waals surface area (Å²) < 4.78 is 27.9. The molecule has 5 nitrogen and oxygen atoms in total. The number of carbonyl (C=O) groups excluding carboxylic acids is 1. The standard InChI is InChI=1S/C13H17ClN2O3S2/c1-9(17)15-6-10-2-3-11(8-15)16(7-10)21(18,19)13-5-4-12(14)20-13/h4-5,10-11H,2-3,6-8H2,1H3/t10-,11+/m0/s1. The summed E-state index contributed by atoms with van der Waals surface area (Å²) in [6.45, 7) is 3.18. The Labute approximate surface area is 133 Å². The Kier molecular flexibility index (Phi) is 4.02. The first-order chi connectivity index (χ1) is 9.88. The number of sulfonamides is 1. The van der Waals surface area contributed by atoms with Crippen molar-refractivity contribution >= 4 is 38.9 Å². The molecule has 3 aliphatic rings. The molecule has 3 fully saturated rings. The number of thiophene rings is 1. The lowest BCUT2D eigenvalue weighted by molar-refractivity contribution is -0.129. The Bertz CT molecular complexity index is 658. The van der Waals surface area contributed by atoms with E-state index in [9.17, 15) is 13.2 Å². The first-order valence-electron chi connectivity index (χ1n) is 6.90. The highest BCUT2D eigenvalue weighted by molar-refractivity contribution is 7.91. The van der Waals surface area contributed by atoms with E-state index in [0.717, 1.165) is 24.2 Å². The second kappa shape index (κ2) is 5.53. The minimum Gasteiger partial charge on any atom is -0.341 e. The number of piperidine rings is 1. The van der Waals surface area contributed by atoms with E-state index in [-0.39, 0.29) is 22.1 Å². The van der Waals surface area contributed by atoms with Crippen molar-refractivity contribution in [3.63, 3.8) is 0 Å². The van der Waals surface area contributed by atoms with Crippen LogP contribution in [-0.4, -0.2) is 49.2 Å². The Balaban J connectivity index is 1.91. The SMILES string of the molecule is CC(=O)N1C[C@@H]2CC[C@H](C1)N(S(=O)(=O)c1ccc(Cl)s1)C2. The van der Waals surface area contributed by atoms with Gasteiger partial charge in [-0.2, -0.15) is 4.31 Å². The Morgan fingerprint density at radius 1 is 1.29 bits per heavy atom. The third kappa shape index (κ3) is 2.84. The van der Waals surface area contributed by atoms with Gasteiger partial charge in [0, 0.05) is 32.6 Å². The van der Waals surface area contributed by atoms with E-state index in [1.807, 2.05) is 0 Å². The van der Waals surface area contributed by atoms with Crippen LogP contribution in [0.25, 0.3) is 0 Å². The van der Waals surface area contributed by atoms with Crippen molar-refractivity contribution in [1.82, 2.24) is 9.21 Å². The number of hydrogen-bond donors (Lipinski definition) is 0. The van der Waals surface area contributed by atoms with Crippen molar-refractivity contribution in [2.45, 2.75) is 30.0 Å². The van der Waals surface area contributed by atoms with Gasteiger partial charge >= 0.3 is 0 Å². The summed E-state index contributed by atoms with van der Waals surface area (Å²) in [5.74, 6) is 0.239. The van der Waals surface area contributed by atoms with Crippen molar-refractivity contribution in [2.75, 3.05) is 19.6 Å². The van der Waals surface area contributed by atoms with Gasteiger partial charge in [0.2, 0.25) is 5.91 Å². The number of rotatable bonds is 2. The average Bonchev–Trinajstić information content (AvgIpc) is 2.68. The summed E-state index contributed by atoms with van der Waals surface area (Å²) in [7, 11) is -3.52. The van der Waals surface area contributed by atoms with Crippen LogP contribution in [0.2, 0.25) is 4.34 Å². The number of halogens is 1. The summed E-state index contributed by atoms with van der Waals surface area (Å²) in [6.07, 6.45) is 1.79. The van der Waals surface area contributed by atoms with Gasteiger partial charge in [0.25, 0.3) is 10.0 Å². The highest BCUT2D eigenvalue weighted by Crippen LogP contribution is 2.35. The quantitative estimate of drug-likeness (QED) is 0.821. The summed E-state index contributed by atoms with van der Waals surface area (Å²) in [4.78, 5) is 13.4. The molecule has 4 heterocycles. The lowest BCUT2D eigenvalue weighted by Crippen LogP contribution is -2.47. The summed E-state index contributed by atoms with van der Waals surface area (Å²) in [6, 6.07) is 3.04. The lowest BCUT2D eigenvalue weighted by Gasteiger charge is -2.34. The third-order valence-corrected chi connectivity index (χ3v) is 7.84. The number of carbonyl (C=O) groups is 1. The van der Waals surface area contributed by atoms with E-state index in [1.165, 1.54) is 0 Å². The average molecular weight is 349 g/mol. The van der Waals surface area contributed by atoms with Gasteiger partial charge in [-0.1, -0.05) is 11.6 Å². The van der Waals surface area contributed by atoms with E-state index in [2.05, 4.69) is 0 Å². The first-order valence-corrected chi connectivity index (χ1v) is 9.54. The van der Waals surface area contributed by atoms with E-state index in [4.69, 9.17) is 11.6 Å². The molecule has 0 spiro atoms. The maximum atomic E-state index is 12.8. The predicted octanol–water partition coefficient (Wildman–Crippen LogP) is 2.03. The molecule has 3 aliphatic heterocycles. The van der Waals surface area contributed by atoms with Crippen LogP contribution in [0.4, 0.5) is 0 Å². The molecule has 2 atom stereocenters. The molecule has 3 saturated heterocycles. The molecule has 0 radical (unpaired) electrons. The lowest BCUT2D eigenvalue weighted by atomic mass is 9.97. The van der Waals surface area contributed by atoms with Crippen molar-refractivity contribution in [1.29, 1.82) is 0 Å². The highest BCUT2D eigenvalue weighted by Gasteiger charge is 2.42. The van der Waals surface area contributed by atoms with Gasteiger partial charge in [0.1, 0.15) is 4.21 Å². The summed E-state index contributed by atoms with van der Waals surface area (Å²) in [5, 5.41) is 0. The minimum absolute atomic E-state index is 0.0188. The maximum absolute atomic E-state index is 12.8. The molecule has 1 amide bonds. The molecule has 21 heavy (non-hydrogen) atoms. The van der Waals surface area contributed by atoms with Gasteiger partial charge in [-0.3, -0.25) is 4.79 Å². The summed E-state index contributed by atoms with van der Waals surface area (Å²) >= 11 is 6.95. The van der Waals surface area contributed by atoms with E-state index in [1.54, 1.807) is 28.3 Å². The Morgan fingerprint density at radius 2 is 2.05 bits per heavy atom. The molecule has 1 aromatic rings. The van der Waals surface area contributed by atoms with Gasteiger partial charge in [-0.15, -0.1) is 11.3 Å². The largest absolute Gasteiger partial charge is 0.341 e. The molecule has 0 N–H and O–H groups in total. The fourth-order valence-corrected chi connectivity index (χ4v) is 6.48. The minimum atomic E-state index is -3.52. The highest BCUT2D eigenvalue weighted by atomic mass is 35.5. The molecule has 0 aromatic carbocycles. The molecular weight excluding hydrogens is 332 g/mol. The Morgan fingerprint density at radius 3 is 2.67 bits per heavy atom. The van der Waals surface area contributed by atoms with E-state index < -0.39 is 10.0 Å². The maximum Gasteiger partial charge on any atom is 0.252 e. The molecule has 0 saturated carbocycles. The topological polar surface area (TPSA) is 57.7 Å². The summed E-state index contributed by atoms with van der Waals surface area (Å²) in [5.41, 5.74) is 0. The van der Waals surface area contributed by atoms with Gasteiger partial charge in [-0.05, 0) is 30.9 Å². The smallest absolute Gasteiger partial charge is 0.252 e. The molecule has 0 unspecified atom stereocenters. The van der Waals surface area contributed by atoms with Crippen LogP contribution in [-0.2, 0) is 14.8 Å². The number of nitrogens with zero attached hydrogens (tertiary/aromatic N) is 2. The molecule has 4 rings (SSSR count). The van der Waals surface area contributed by atoms with Gasteiger partial charge in [-0.25, -0.2) is 8.42 Å². The Hall–Kier alpha value is -0.630. The van der Waals surface area contributed by atoms with Gasteiger partial charge < -0.3 is 4.90 Å². The molecule has 2 bridgehead atoms. The van der Waals surface area contributed by atoms with E-state index >= 15 is 0 Å². The monoisotopic (exact) mass is 348 g/mol. The van der Waals surface area contributed by atoms with Crippen LogP contribution < -0.4 is 0 Å². The molecule has 0 aliphatic carbocycles. The van der Waals surface area contributed by atoms with Crippen LogP contribution in [0, 0.1) is 5.92 Å². The van der Waals surface area contributed by atoms with Crippen molar-refractivity contribution in [3.05, 3.63) is 16.5 Å². The van der Waals surface area contributed by atoms with Crippen molar-refractivity contribution in [2.24, 2.45) is 5.92 Å². The molecule has 8 heteroatoms. The first kappa shape index (κ1) is 15.3. The fourth-order valence-electron chi connectivity index (χ4n) is 3.14. The zero-order chi connectivity index (χ0) is 15.2. The van der Waals surface area contributed by atoms with Crippen LogP contribution in [0.3, 0.4) is 0 Å². The third-order valence-electron chi connectivity index (χ3n) is 4.22. The van der Waals surface area contributed by atoms with Gasteiger partial charge in [0.15, 0.2) is 0 Å². The zero-order valence-corrected chi connectivity index (χ0v) is 14.0. The zero-order valence-electron chi connectivity index (χ0n) is 11.7. The van der Waals surface area contributed by atoms with Crippen molar-refractivity contribution in [3.8, 4) is 0 Å². The van der Waals surface area contributed by atoms with Crippen LogP contribution in [0.1, 0.15) is 19.8 Å². The second-order valence-electron chi connectivity index (χ2n) is 5.65. The molecular formula is C13H17ClN2O3S2. The second-order valence-corrected chi connectivity index (χ2v) is 9.49. The number of amides is 1. The van der Waals surface area contributed by atoms with Crippen molar-refractivity contribution < 1.29 is 13.2 Å². The normalized spacial score (nSPS) is 26.9. The van der Waals surface area contributed by atoms with Crippen LogP contribution in [0.15, 0.2) is 16.3 Å².